The van der Waals surface area contributed by atoms with Crippen molar-refractivity contribution in [1.29, 1.82) is 0 Å². The highest BCUT2D eigenvalue weighted by Gasteiger charge is 2.65. The minimum Gasteiger partial charge on any atom is -0.381 e. The van der Waals surface area contributed by atoms with Crippen LogP contribution in [-0.4, -0.2) is 37.6 Å². The predicted octanol–water partition coefficient (Wildman–Crippen LogP) is 0.725. The molecule has 1 atom stereocenters. The molecular weight excluding hydrogens is 156 g/mol. The van der Waals surface area contributed by atoms with Crippen molar-refractivity contribution in [3.8, 4) is 0 Å². The number of epoxide rings is 1. The van der Waals surface area contributed by atoms with Crippen LogP contribution in [0.5, 0.6) is 0 Å². The van der Waals surface area contributed by atoms with Gasteiger partial charge in [0.05, 0.1) is 13.2 Å². The van der Waals surface area contributed by atoms with Crippen LogP contribution in [0.2, 0.25) is 0 Å². The summed E-state index contributed by atoms with van der Waals surface area (Å²) in [6.45, 7) is 3.46. The van der Waals surface area contributed by atoms with Gasteiger partial charge in [0, 0.05) is 32.5 Å². The van der Waals surface area contributed by atoms with E-state index in [9.17, 15) is 0 Å². The van der Waals surface area contributed by atoms with Crippen LogP contribution < -0.4 is 0 Å². The lowest BCUT2D eigenvalue weighted by atomic mass is 9.81. The molecule has 1 unspecified atom stereocenters. The third-order valence-corrected chi connectivity index (χ3v) is 3.51. The van der Waals surface area contributed by atoms with Crippen molar-refractivity contribution < 1.29 is 14.2 Å². The van der Waals surface area contributed by atoms with E-state index in [2.05, 4.69) is 0 Å². The van der Waals surface area contributed by atoms with Gasteiger partial charge in [0.25, 0.3) is 0 Å². The average Bonchev–Trinajstić information content (AvgIpc) is 2.80. The Hall–Kier alpha value is -0.120. The Kier molecular flexibility index (Phi) is 1.35. The molecule has 3 nitrogen and oxygen atoms in total. The summed E-state index contributed by atoms with van der Waals surface area (Å²) in [5.41, 5.74) is 0.141. The van der Waals surface area contributed by atoms with E-state index in [1.54, 1.807) is 0 Å². The number of rotatable bonds is 0. The second-order valence-electron chi connectivity index (χ2n) is 3.99. The van der Waals surface area contributed by atoms with Gasteiger partial charge in [0.2, 0.25) is 0 Å². The van der Waals surface area contributed by atoms with Crippen molar-refractivity contribution in [2.24, 2.45) is 0 Å². The van der Waals surface area contributed by atoms with Gasteiger partial charge in [-0.15, -0.1) is 0 Å². The van der Waals surface area contributed by atoms with Crippen LogP contribution in [0.25, 0.3) is 0 Å². The van der Waals surface area contributed by atoms with E-state index >= 15 is 0 Å². The molecule has 3 aliphatic rings. The molecule has 0 aromatic rings. The Balaban J connectivity index is 1.87. The van der Waals surface area contributed by atoms with Gasteiger partial charge in [-0.05, 0) is 0 Å². The molecule has 68 valence electrons. The van der Waals surface area contributed by atoms with Gasteiger partial charge in [0.15, 0.2) is 0 Å². The maximum atomic E-state index is 5.85. The monoisotopic (exact) mass is 170 g/mol. The molecule has 0 saturated carbocycles. The van der Waals surface area contributed by atoms with Gasteiger partial charge in [-0.3, -0.25) is 0 Å². The fraction of sp³-hybridized carbons (Fsp3) is 1.00. The Morgan fingerprint density at radius 3 is 2.08 bits per heavy atom. The van der Waals surface area contributed by atoms with Crippen LogP contribution >= 0.6 is 0 Å². The molecule has 0 radical (unpaired) electrons. The zero-order valence-corrected chi connectivity index (χ0v) is 7.17. The molecule has 3 saturated heterocycles. The molecule has 0 aromatic heterocycles. The number of ether oxygens (including phenoxy) is 3. The topological polar surface area (TPSA) is 31.0 Å². The highest BCUT2D eigenvalue weighted by atomic mass is 16.6. The quantitative estimate of drug-likeness (QED) is 0.502. The number of fused-ring (bicyclic) bond motifs is 1. The van der Waals surface area contributed by atoms with E-state index in [-0.39, 0.29) is 11.2 Å². The molecular formula is C9H14O3. The van der Waals surface area contributed by atoms with E-state index in [0.29, 0.717) is 0 Å². The van der Waals surface area contributed by atoms with Crippen molar-refractivity contribution in [3.63, 3.8) is 0 Å². The first kappa shape index (κ1) is 7.30. The molecule has 3 fully saturated rings. The Morgan fingerprint density at radius 2 is 1.42 bits per heavy atom. The first-order chi connectivity index (χ1) is 5.87. The summed E-state index contributed by atoms with van der Waals surface area (Å²) in [5.74, 6) is 0. The van der Waals surface area contributed by atoms with Gasteiger partial charge in [-0.25, -0.2) is 0 Å². The molecule has 3 heterocycles. The molecule has 0 aromatic carbocycles. The van der Waals surface area contributed by atoms with Crippen LogP contribution in [-0.2, 0) is 14.2 Å². The summed E-state index contributed by atoms with van der Waals surface area (Å²) in [4.78, 5) is 0. The van der Waals surface area contributed by atoms with Gasteiger partial charge in [-0.1, -0.05) is 0 Å². The number of hydrogen-bond acceptors (Lipinski definition) is 3. The van der Waals surface area contributed by atoms with Gasteiger partial charge in [-0.2, -0.15) is 0 Å². The predicted molar refractivity (Wildman–Crippen MR) is 42.0 cm³/mol. The molecule has 0 N–H and O–H groups in total. The van der Waals surface area contributed by atoms with Gasteiger partial charge in [0.1, 0.15) is 11.2 Å². The lowest BCUT2D eigenvalue weighted by Gasteiger charge is -2.35. The standard InChI is InChI=1S/C9H14O3/c1-4-10-5-2-8(1)9(7-12-9)3-6-11-8/h1-7H2. The normalized spacial score (nSPS) is 44.0. The van der Waals surface area contributed by atoms with Crippen LogP contribution in [0.1, 0.15) is 19.3 Å². The van der Waals surface area contributed by atoms with E-state index in [4.69, 9.17) is 14.2 Å². The van der Waals surface area contributed by atoms with Crippen LogP contribution in [0, 0.1) is 0 Å². The van der Waals surface area contributed by atoms with E-state index < -0.39 is 0 Å². The first-order valence-electron chi connectivity index (χ1n) is 4.73. The maximum Gasteiger partial charge on any atom is 0.123 e. The minimum absolute atomic E-state index is 0.0330. The highest BCUT2D eigenvalue weighted by molar-refractivity contribution is 5.13. The second-order valence-corrected chi connectivity index (χ2v) is 3.99. The lowest BCUT2D eigenvalue weighted by molar-refractivity contribution is -0.104. The third-order valence-electron chi connectivity index (χ3n) is 3.51. The molecule has 3 rings (SSSR count). The smallest absolute Gasteiger partial charge is 0.123 e. The Labute approximate surface area is 72.0 Å². The van der Waals surface area contributed by atoms with Crippen molar-refractivity contribution in [1.82, 2.24) is 0 Å². The third kappa shape index (κ3) is 0.767. The van der Waals surface area contributed by atoms with Crippen molar-refractivity contribution in [2.75, 3.05) is 26.4 Å². The average molecular weight is 170 g/mol. The van der Waals surface area contributed by atoms with E-state index in [1.165, 1.54) is 0 Å². The molecule has 0 aliphatic carbocycles. The molecule has 3 heteroatoms. The Morgan fingerprint density at radius 1 is 0.750 bits per heavy atom. The SMILES string of the molecule is C1CC2(CCO1)OCCC21CO1. The van der Waals surface area contributed by atoms with Crippen molar-refractivity contribution in [3.05, 3.63) is 0 Å². The summed E-state index contributed by atoms with van der Waals surface area (Å²) in [5, 5.41) is 0. The van der Waals surface area contributed by atoms with Crippen molar-refractivity contribution in [2.45, 2.75) is 30.5 Å². The largest absolute Gasteiger partial charge is 0.381 e. The Bertz CT molecular complexity index is 192. The van der Waals surface area contributed by atoms with Gasteiger partial charge >= 0.3 is 0 Å². The molecule has 2 spiro atoms. The van der Waals surface area contributed by atoms with E-state index in [0.717, 1.165) is 45.7 Å². The van der Waals surface area contributed by atoms with Crippen LogP contribution in [0.15, 0.2) is 0 Å². The summed E-state index contributed by atoms with van der Waals surface area (Å²) in [6, 6.07) is 0. The first-order valence-corrected chi connectivity index (χ1v) is 4.73. The minimum atomic E-state index is 0.0330. The number of hydrogen-bond donors (Lipinski definition) is 0. The fourth-order valence-electron chi connectivity index (χ4n) is 2.57. The summed E-state index contributed by atoms with van der Waals surface area (Å²) in [6.07, 6.45) is 3.13. The fourth-order valence-corrected chi connectivity index (χ4v) is 2.57. The van der Waals surface area contributed by atoms with Crippen molar-refractivity contribution >= 4 is 0 Å². The molecule has 0 amide bonds. The molecule has 12 heavy (non-hydrogen) atoms. The van der Waals surface area contributed by atoms with Crippen LogP contribution in [0.3, 0.4) is 0 Å². The summed E-state index contributed by atoms with van der Waals surface area (Å²) < 4.78 is 16.8. The van der Waals surface area contributed by atoms with Gasteiger partial charge < -0.3 is 14.2 Å². The summed E-state index contributed by atoms with van der Waals surface area (Å²) >= 11 is 0. The maximum absolute atomic E-state index is 5.85. The lowest BCUT2D eigenvalue weighted by Crippen LogP contribution is -2.46. The molecule has 0 bridgehead atoms. The van der Waals surface area contributed by atoms with Crippen LogP contribution in [0.4, 0.5) is 0 Å². The molecule has 3 aliphatic heterocycles. The zero-order chi connectivity index (χ0) is 8.07. The zero-order valence-electron chi connectivity index (χ0n) is 7.17. The highest BCUT2D eigenvalue weighted by Crippen LogP contribution is 2.52. The van der Waals surface area contributed by atoms with E-state index in [1.807, 2.05) is 0 Å². The summed E-state index contributed by atoms with van der Waals surface area (Å²) in [7, 11) is 0. The second kappa shape index (κ2) is 2.22.